The quantitative estimate of drug-likeness (QED) is 0.159. The minimum Gasteiger partial charge on any atom is -0.748 e. The lowest BCUT2D eigenvalue weighted by molar-refractivity contribution is -0.929. The van der Waals surface area contributed by atoms with E-state index >= 15 is 0 Å². The molecule has 6 heteroatoms. The fourth-order valence-electron chi connectivity index (χ4n) is 3.17. The van der Waals surface area contributed by atoms with Crippen LogP contribution in [0, 0.1) is 0 Å². The molecule has 0 saturated heterocycles. The van der Waals surface area contributed by atoms with Crippen molar-refractivity contribution in [2.75, 3.05) is 31.9 Å². The van der Waals surface area contributed by atoms with Crippen LogP contribution >= 0.6 is 0 Å². The number of rotatable bonds is 16. The number of unbranched alkanes of at least 4 members (excludes halogenated alkanes) is 6. The summed E-state index contributed by atoms with van der Waals surface area (Å²) in [6.07, 6.45) is 13.3. The van der Waals surface area contributed by atoms with Gasteiger partial charge in [-0.1, -0.05) is 80.6 Å². The number of halogens is 1. The third-order valence-electron chi connectivity index (χ3n) is 4.94. The molecule has 0 rings (SSSR count). The Kier molecular flexibility index (Phi) is 29.1. The summed E-state index contributed by atoms with van der Waals surface area (Å²) in [4.78, 5) is 0. The van der Waals surface area contributed by atoms with E-state index in [4.69, 9.17) is 0 Å². The lowest BCUT2D eigenvalue weighted by Crippen LogP contribution is -2.50. The van der Waals surface area contributed by atoms with E-state index in [9.17, 15) is 13.0 Å². The first-order valence-electron chi connectivity index (χ1n) is 11.1. The first-order valence-corrected chi connectivity index (χ1v) is 12.7. The highest BCUT2D eigenvalue weighted by Gasteiger charge is 2.24. The summed E-state index contributed by atoms with van der Waals surface area (Å²) in [5, 5.41) is 0. The van der Waals surface area contributed by atoms with Gasteiger partial charge in [-0.05, 0) is 32.1 Å². The average Bonchev–Trinajstić information content (AvgIpc) is 2.60. The minimum atomic E-state index is -3.95. The summed E-state index contributed by atoms with van der Waals surface area (Å²) >= 11 is 0. The van der Waals surface area contributed by atoms with E-state index in [1.165, 1.54) is 82.0 Å². The van der Waals surface area contributed by atoms with Crippen molar-refractivity contribution < 1.29 is 22.2 Å². The highest BCUT2D eigenvalue weighted by atomic mass is 32.2. The zero-order valence-electron chi connectivity index (χ0n) is 18.8. The van der Waals surface area contributed by atoms with Crippen LogP contribution in [0.15, 0.2) is 0 Å². The van der Waals surface area contributed by atoms with Gasteiger partial charge >= 0.3 is 0 Å². The third kappa shape index (κ3) is 23.8. The monoisotopic (exact) mass is 429 g/mol. The first kappa shape index (κ1) is 35.3. The molecule has 0 aromatic heterocycles. The van der Waals surface area contributed by atoms with E-state index < -0.39 is 10.1 Å². The van der Waals surface area contributed by atoms with Gasteiger partial charge < -0.3 is 9.04 Å². The molecule has 0 N–H and O–H groups in total. The van der Waals surface area contributed by atoms with Crippen molar-refractivity contribution in [3.63, 3.8) is 0 Å². The molecule has 0 atom stereocenters. The Balaban J connectivity index is -0.000000225. The molecule has 0 saturated carbocycles. The molecule has 0 amide bonds. The molecule has 0 aliphatic rings. The molecule has 0 bridgehead atoms. The fourth-order valence-corrected chi connectivity index (χ4v) is 3.73. The van der Waals surface area contributed by atoms with Crippen LogP contribution in [0.5, 0.6) is 0 Å². The zero-order chi connectivity index (χ0) is 20.3. The maximum atomic E-state index is 9.95. The first-order chi connectivity index (χ1) is 12.3. The number of nitrogens with zero attached hydrogens (tertiary/aromatic N) is 1. The van der Waals surface area contributed by atoms with E-state index in [2.05, 4.69) is 27.7 Å². The number of hydrogen-bond donors (Lipinski definition) is 0. The molecule has 0 aromatic carbocycles. The molecule has 0 spiro atoms. The molecule has 0 radical (unpaired) electrons. The van der Waals surface area contributed by atoms with Crippen molar-refractivity contribution in [1.82, 2.24) is 0 Å². The fraction of sp³-hybridized carbons (Fsp3) is 1.00. The summed E-state index contributed by atoms with van der Waals surface area (Å²) in [6, 6.07) is 0. The van der Waals surface area contributed by atoms with Gasteiger partial charge in [0.05, 0.1) is 36.3 Å². The molecule has 176 valence electrons. The van der Waals surface area contributed by atoms with Crippen molar-refractivity contribution in [2.24, 2.45) is 0 Å². The predicted molar refractivity (Wildman–Crippen MR) is 123 cm³/mol. The third-order valence-corrected chi connectivity index (χ3v) is 5.73. The minimum absolute atomic E-state index is 0. The van der Waals surface area contributed by atoms with Gasteiger partial charge in [-0.15, -0.1) is 0 Å². The average molecular weight is 430 g/mol. The predicted octanol–water partition coefficient (Wildman–Crippen LogP) is 6.51. The highest BCUT2D eigenvalue weighted by molar-refractivity contribution is 7.85. The number of quaternary nitrogens is 1. The maximum absolute atomic E-state index is 9.95. The van der Waals surface area contributed by atoms with Crippen LogP contribution in [0.25, 0.3) is 0 Å². The van der Waals surface area contributed by atoms with Gasteiger partial charge in [-0.25, -0.2) is 8.42 Å². The summed E-state index contributed by atoms with van der Waals surface area (Å²) in [6.45, 7) is 17.0. The van der Waals surface area contributed by atoms with Gasteiger partial charge in [-0.3, -0.25) is 4.70 Å². The van der Waals surface area contributed by atoms with Gasteiger partial charge in [0.25, 0.3) is 0 Å². The van der Waals surface area contributed by atoms with Crippen molar-refractivity contribution in [1.29, 1.82) is 0 Å². The lowest BCUT2D eigenvalue weighted by atomic mass is 10.1. The van der Waals surface area contributed by atoms with Crippen molar-refractivity contribution >= 4 is 10.1 Å². The number of hydrogen-bond acceptors (Lipinski definition) is 3. The van der Waals surface area contributed by atoms with Crippen molar-refractivity contribution in [3.8, 4) is 0 Å². The second-order valence-electron chi connectivity index (χ2n) is 7.62. The van der Waals surface area contributed by atoms with Crippen LogP contribution in [-0.4, -0.2) is 49.4 Å². The molecule has 0 aliphatic carbocycles. The van der Waals surface area contributed by atoms with Crippen LogP contribution in [0.1, 0.15) is 113 Å². The summed E-state index contributed by atoms with van der Waals surface area (Å²) in [5.41, 5.74) is 0. The van der Waals surface area contributed by atoms with Gasteiger partial charge in [0.15, 0.2) is 0 Å². The Bertz CT molecular complexity index is 352. The SMILES string of the molecule is C.CCCCCS(=O)(=O)[O-].CCCC[N+](CCCC)(CCCC)CCCC.F. The molecule has 0 unspecified atom stereocenters. The molecule has 0 aromatic rings. The summed E-state index contributed by atoms with van der Waals surface area (Å²) < 4.78 is 31.3. The van der Waals surface area contributed by atoms with Crippen molar-refractivity contribution in [3.05, 3.63) is 0 Å². The van der Waals surface area contributed by atoms with E-state index in [-0.39, 0.29) is 17.9 Å². The van der Waals surface area contributed by atoms with Gasteiger partial charge in [-0.2, -0.15) is 0 Å². The molecular formula is C22H52FNO3S. The summed E-state index contributed by atoms with van der Waals surface area (Å²) in [5.74, 6) is -0.208. The maximum Gasteiger partial charge on any atom is 0.0945 e. The second kappa shape index (κ2) is 23.1. The Morgan fingerprint density at radius 3 is 1.11 bits per heavy atom. The van der Waals surface area contributed by atoms with E-state index in [0.29, 0.717) is 6.42 Å². The van der Waals surface area contributed by atoms with Crippen LogP contribution in [0.2, 0.25) is 0 Å². The van der Waals surface area contributed by atoms with Crippen LogP contribution in [0.3, 0.4) is 0 Å². The molecular weight excluding hydrogens is 377 g/mol. The largest absolute Gasteiger partial charge is 0.748 e. The topological polar surface area (TPSA) is 57.2 Å². The van der Waals surface area contributed by atoms with Gasteiger partial charge in [0.1, 0.15) is 0 Å². The summed E-state index contributed by atoms with van der Waals surface area (Å²) in [7, 11) is -3.95. The second-order valence-corrected chi connectivity index (χ2v) is 9.14. The zero-order valence-corrected chi connectivity index (χ0v) is 19.6. The van der Waals surface area contributed by atoms with E-state index in [1.54, 1.807) is 0 Å². The van der Waals surface area contributed by atoms with E-state index in [1.807, 2.05) is 6.92 Å². The molecule has 28 heavy (non-hydrogen) atoms. The van der Waals surface area contributed by atoms with Crippen LogP contribution in [0.4, 0.5) is 4.70 Å². The molecule has 0 fully saturated rings. The van der Waals surface area contributed by atoms with Gasteiger partial charge in [0.2, 0.25) is 0 Å². The lowest BCUT2D eigenvalue weighted by Gasteiger charge is -2.39. The Morgan fingerprint density at radius 1 is 0.607 bits per heavy atom. The Morgan fingerprint density at radius 2 is 0.893 bits per heavy atom. The Hall–Kier alpha value is -0.200. The van der Waals surface area contributed by atoms with Gasteiger partial charge in [0, 0.05) is 5.75 Å². The molecule has 4 nitrogen and oxygen atoms in total. The normalized spacial score (nSPS) is 11.1. The van der Waals surface area contributed by atoms with E-state index in [0.717, 1.165) is 12.8 Å². The molecule has 0 aliphatic heterocycles. The van der Waals surface area contributed by atoms with Crippen molar-refractivity contribution in [2.45, 2.75) is 113 Å². The van der Waals surface area contributed by atoms with Crippen LogP contribution in [-0.2, 0) is 10.1 Å². The smallest absolute Gasteiger partial charge is 0.0945 e. The standard InChI is InChI=1S/C16H36N.C5H12O3S.CH4.FH/c1-5-9-13-17(14-10-6-2,15-11-7-3)16-12-8-4;1-2-3-4-5-9(6,7)8;;/h5-16H2,1-4H3;2-5H2,1H3,(H,6,7,8);1H4;1H/q+1;;;/p-1. The van der Waals surface area contributed by atoms with Crippen LogP contribution < -0.4 is 0 Å². The molecule has 0 heterocycles. The highest BCUT2D eigenvalue weighted by Crippen LogP contribution is 2.16. The Labute approximate surface area is 177 Å².